The molecule has 0 aliphatic rings. The van der Waals surface area contributed by atoms with Crippen molar-refractivity contribution in [1.29, 1.82) is 0 Å². The molecule has 1 heterocycles. The van der Waals surface area contributed by atoms with Gasteiger partial charge in [-0.15, -0.1) is 0 Å². The van der Waals surface area contributed by atoms with E-state index in [2.05, 4.69) is 15.5 Å². The van der Waals surface area contributed by atoms with Crippen molar-refractivity contribution in [3.05, 3.63) is 72.1 Å². The van der Waals surface area contributed by atoms with Gasteiger partial charge < -0.3 is 10.5 Å². The number of ether oxygens (including phenoxy) is 1. The molecule has 0 aliphatic heterocycles. The second-order valence-electron chi connectivity index (χ2n) is 5.66. The van der Waals surface area contributed by atoms with Gasteiger partial charge in [-0.25, -0.2) is 0 Å². The highest BCUT2D eigenvalue weighted by Gasteiger charge is 2.39. The number of methoxy groups -OCH3 is 1. The van der Waals surface area contributed by atoms with Gasteiger partial charge in [0.05, 0.1) is 13.3 Å². The van der Waals surface area contributed by atoms with Crippen LogP contribution in [-0.4, -0.2) is 30.3 Å². The zero-order valence-corrected chi connectivity index (χ0v) is 14.1. The molecule has 3 rings (SSSR count). The number of hydrogen-bond acceptors (Lipinski definition) is 4. The lowest BCUT2D eigenvalue weighted by Crippen LogP contribution is -2.52. The number of aromatic amines is 1. The second kappa shape index (κ2) is 6.78. The van der Waals surface area contributed by atoms with Crippen LogP contribution in [0.4, 0.5) is 0 Å². The van der Waals surface area contributed by atoms with Gasteiger partial charge in [-0.05, 0) is 35.9 Å². The predicted molar refractivity (Wildman–Crippen MR) is 96.1 cm³/mol. The van der Waals surface area contributed by atoms with E-state index in [4.69, 9.17) is 10.5 Å². The number of nitrogens with one attached hydrogen (secondary N) is 2. The van der Waals surface area contributed by atoms with Crippen LogP contribution in [0.25, 0.3) is 11.1 Å². The van der Waals surface area contributed by atoms with E-state index in [1.165, 1.54) is 0 Å². The lowest BCUT2D eigenvalue weighted by molar-refractivity contribution is -0.123. The molecule has 25 heavy (non-hydrogen) atoms. The number of carbonyl (C=O) groups excluding carboxylic acids is 1. The highest BCUT2D eigenvalue weighted by atomic mass is 16.5. The fraction of sp³-hybridized carbons (Fsp3) is 0.158. The molecular weight excluding hydrogens is 316 g/mol. The van der Waals surface area contributed by atoms with Crippen LogP contribution in [0.3, 0.4) is 0 Å². The summed E-state index contributed by atoms with van der Waals surface area (Å²) in [6.07, 6.45) is 3.56. The highest BCUT2D eigenvalue weighted by molar-refractivity contribution is 5.90. The van der Waals surface area contributed by atoms with E-state index in [9.17, 15) is 4.79 Å². The van der Waals surface area contributed by atoms with Crippen LogP contribution in [0.2, 0.25) is 0 Å². The molecule has 6 nitrogen and oxygen atoms in total. The third-order valence-electron chi connectivity index (χ3n) is 4.40. The van der Waals surface area contributed by atoms with Crippen LogP contribution in [0.5, 0.6) is 5.75 Å². The van der Waals surface area contributed by atoms with Gasteiger partial charge in [0.1, 0.15) is 11.3 Å². The molecule has 0 saturated heterocycles. The Balaban J connectivity index is 2.11. The Morgan fingerprint density at radius 2 is 1.92 bits per heavy atom. The Hall–Kier alpha value is -3.12. The van der Waals surface area contributed by atoms with Gasteiger partial charge in [0, 0.05) is 11.8 Å². The van der Waals surface area contributed by atoms with Crippen molar-refractivity contribution < 1.29 is 9.53 Å². The van der Waals surface area contributed by atoms with Crippen LogP contribution in [0.1, 0.15) is 11.1 Å². The second-order valence-corrected chi connectivity index (χ2v) is 5.66. The number of amides is 1. The third kappa shape index (κ3) is 2.88. The SMILES string of the molecule is CNC(C(N)=O)(c1ccc(-c2cn[nH]c2)cc1)c1cccc(OC)c1. The molecule has 0 aliphatic carbocycles. The minimum Gasteiger partial charge on any atom is -0.497 e. The van der Waals surface area contributed by atoms with E-state index in [0.29, 0.717) is 5.75 Å². The number of benzene rings is 2. The molecule has 1 unspecified atom stereocenters. The largest absolute Gasteiger partial charge is 0.497 e. The quantitative estimate of drug-likeness (QED) is 0.642. The van der Waals surface area contributed by atoms with Gasteiger partial charge >= 0.3 is 0 Å². The summed E-state index contributed by atoms with van der Waals surface area (Å²) in [6, 6.07) is 15.0. The number of nitrogens with two attached hydrogens (primary N) is 1. The summed E-state index contributed by atoms with van der Waals surface area (Å²) in [6.45, 7) is 0. The fourth-order valence-corrected chi connectivity index (χ4v) is 3.04. The van der Waals surface area contributed by atoms with Gasteiger partial charge in [0.2, 0.25) is 5.91 Å². The molecular formula is C19H20N4O2. The first kappa shape index (κ1) is 16.7. The Kier molecular flexibility index (Phi) is 4.54. The molecule has 1 aromatic heterocycles. The minimum atomic E-state index is -1.15. The molecule has 0 spiro atoms. The average Bonchev–Trinajstić information content (AvgIpc) is 3.18. The van der Waals surface area contributed by atoms with E-state index in [0.717, 1.165) is 22.3 Å². The number of primary amides is 1. The van der Waals surface area contributed by atoms with Crippen molar-refractivity contribution in [1.82, 2.24) is 15.5 Å². The molecule has 128 valence electrons. The van der Waals surface area contributed by atoms with Gasteiger partial charge in [-0.1, -0.05) is 36.4 Å². The molecule has 0 fully saturated rings. The van der Waals surface area contributed by atoms with Crippen molar-refractivity contribution in [2.45, 2.75) is 5.54 Å². The van der Waals surface area contributed by atoms with Crippen LogP contribution < -0.4 is 15.8 Å². The first-order valence-electron chi connectivity index (χ1n) is 7.85. The van der Waals surface area contributed by atoms with Crippen LogP contribution in [0.15, 0.2) is 60.9 Å². The van der Waals surface area contributed by atoms with Crippen molar-refractivity contribution >= 4 is 5.91 Å². The molecule has 0 radical (unpaired) electrons. The zero-order valence-electron chi connectivity index (χ0n) is 14.1. The van der Waals surface area contributed by atoms with Crippen molar-refractivity contribution in [2.24, 2.45) is 5.73 Å². The number of rotatable bonds is 6. The molecule has 3 aromatic rings. The smallest absolute Gasteiger partial charge is 0.247 e. The van der Waals surface area contributed by atoms with E-state index < -0.39 is 11.4 Å². The lowest BCUT2D eigenvalue weighted by Gasteiger charge is -2.31. The molecule has 6 heteroatoms. The van der Waals surface area contributed by atoms with Gasteiger partial charge in [-0.3, -0.25) is 15.2 Å². The maximum atomic E-state index is 12.5. The third-order valence-corrected chi connectivity index (χ3v) is 4.40. The summed E-state index contributed by atoms with van der Waals surface area (Å²) in [5.74, 6) is 0.174. The lowest BCUT2D eigenvalue weighted by atomic mass is 9.81. The predicted octanol–water partition coefficient (Wildman–Crippen LogP) is 2.03. The van der Waals surface area contributed by atoms with E-state index in [1.54, 1.807) is 20.4 Å². The number of hydrogen-bond donors (Lipinski definition) is 3. The normalized spacial score (nSPS) is 13.2. The Bertz CT molecular complexity index is 859. The molecule has 0 bridgehead atoms. The topological polar surface area (TPSA) is 93.0 Å². The summed E-state index contributed by atoms with van der Waals surface area (Å²) >= 11 is 0. The fourth-order valence-electron chi connectivity index (χ4n) is 3.04. The summed E-state index contributed by atoms with van der Waals surface area (Å²) < 4.78 is 5.29. The molecule has 2 aromatic carbocycles. The maximum absolute atomic E-state index is 12.5. The van der Waals surface area contributed by atoms with Crippen molar-refractivity contribution in [3.8, 4) is 16.9 Å². The number of likely N-dealkylation sites (N-methyl/N-ethyl adjacent to an activating group) is 1. The maximum Gasteiger partial charge on any atom is 0.247 e. The number of nitrogens with zero attached hydrogens (tertiary/aromatic N) is 1. The van der Waals surface area contributed by atoms with Gasteiger partial charge in [0.15, 0.2) is 0 Å². The Morgan fingerprint density at radius 3 is 2.48 bits per heavy atom. The monoisotopic (exact) mass is 336 g/mol. The Morgan fingerprint density at radius 1 is 1.16 bits per heavy atom. The molecule has 1 amide bonds. The van der Waals surface area contributed by atoms with Gasteiger partial charge in [0.25, 0.3) is 0 Å². The van der Waals surface area contributed by atoms with Crippen LogP contribution in [-0.2, 0) is 10.3 Å². The zero-order chi connectivity index (χ0) is 17.9. The number of aromatic nitrogens is 2. The van der Waals surface area contributed by atoms with Gasteiger partial charge in [-0.2, -0.15) is 5.10 Å². The highest BCUT2D eigenvalue weighted by Crippen LogP contribution is 2.32. The number of H-pyrrole nitrogens is 1. The van der Waals surface area contributed by atoms with E-state index in [-0.39, 0.29) is 0 Å². The van der Waals surface area contributed by atoms with E-state index in [1.807, 2.05) is 54.7 Å². The standard InChI is InChI=1S/C19H20N4O2/c1-21-19(18(20)24,16-4-3-5-17(10-16)25-2)15-8-6-13(7-9-15)14-11-22-23-12-14/h3-12,21H,1-2H3,(H2,20,24)(H,22,23). The summed E-state index contributed by atoms with van der Waals surface area (Å²) in [5.41, 5.74) is 8.11. The summed E-state index contributed by atoms with van der Waals surface area (Å²) in [4.78, 5) is 12.5. The van der Waals surface area contributed by atoms with Crippen LogP contribution >= 0.6 is 0 Å². The minimum absolute atomic E-state index is 0.487. The molecule has 4 N–H and O–H groups in total. The average molecular weight is 336 g/mol. The number of carbonyl (C=O) groups is 1. The van der Waals surface area contributed by atoms with Crippen LogP contribution in [0, 0.1) is 0 Å². The van der Waals surface area contributed by atoms with Crippen molar-refractivity contribution in [3.63, 3.8) is 0 Å². The van der Waals surface area contributed by atoms with E-state index >= 15 is 0 Å². The van der Waals surface area contributed by atoms with Crippen molar-refractivity contribution in [2.75, 3.05) is 14.2 Å². The molecule has 1 atom stereocenters. The first-order chi connectivity index (χ1) is 12.1. The summed E-state index contributed by atoms with van der Waals surface area (Å²) in [5, 5.41) is 9.85. The Labute approximate surface area is 146 Å². The first-order valence-corrected chi connectivity index (χ1v) is 7.85. The molecule has 0 saturated carbocycles. The summed E-state index contributed by atoms with van der Waals surface area (Å²) in [7, 11) is 3.30.